The maximum absolute atomic E-state index is 13.9. The number of fused-ring (bicyclic) bond motifs is 1. The Kier molecular flexibility index (Phi) is 7.63. The molecule has 0 atom stereocenters. The zero-order valence-corrected chi connectivity index (χ0v) is 21.9. The van der Waals surface area contributed by atoms with Gasteiger partial charge >= 0.3 is 6.09 Å². The number of carbonyl (C=O) groups excluding carboxylic acids is 1. The van der Waals surface area contributed by atoms with Gasteiger partial charge in [0, 0.05) is 35.4 Å². The van der Waals surface area contributed by atoms with E-state index in [4.69, 9.17) is 10.5 Å². The van der Waals surface area contributed by atoms with Crippen molar-refractivity contribution in [2.45, 2.75) is 38.1 Å². The number of anilines is 2. The number of ether oxygens (including phenoxy) is 1. The molecule has 2 amide bonds. The SMILES string of the molecule is COc1cc(Nc2c(C(N)=O)cnc3c(C)cc(S(=O)(=O)CCN(C(=O)O)C(C)(C)C)cc23)ccc1F. The number of pyridine rings is 1. The zero-order chi connectivity index (χ0) is 27.7. The number of aromatic nitrogens is 1. The first-order valence-corrected chi connectivity index (χ1v) is 12.9. The zero-order valence-electron chi connectivity index (χ0n) is 21.1. The molecule has 12 heteroatoms. The number of primary amides is 1. The molecule has 0 saturated carbocycles. The molecule has 3 aromatic rings. The third kappa shape index (κ3) is 5.91. The Labute approximate surface area is 214 Å². The molecule has 1 heterocycles. The van der Waals surface area contributed by atoms with Gasteiger partial charge in [0.2, 0.25) is 0 Å². The standard InChI is InChI=1S/C25H29FN4O6S/c1-14-10-16(37(34,35)9-8-30(24(32)33)25(2,3)4)12-17-21(14)28-13-18(23(27)31)22(17)29-15-6-7-19(26)20(11-15)36-5/h6-7,10-13H,8-9H2,1-5H3,(H2,27,31)(H,28,29)(H,32,33). The third-order valence-electron chi connectivity index (χ3n) is 5.80. The average Bonchev–Trinajstić information content (AvgIpc) is 2.79. The number of methoxy groups -OCH3 is 1. The fourth-order valence-electron chi connectivity index (χ4n) is 3.88. The van der Waals surface area contributed by atoms with Gasteiger partial charge < -0.3 is 25.8 Å². The number of amides is 2. The number of halogens is 1. The average molecular weight is 533 g/mol. The minimum Gasteiger partial charge on any atom is -0.494 e. The van der Waals surface area contributed by atoms with Crippen LogP contribution in [0.4, 0.5) is 20.6 Å². The molecule has 0 spiro atoms. The molecule has 0 aliphatic heterocycles. The van der Waals surface area contributed by atoms with E-state index in [0.717, 1.165) is 4.90 Å². The second-order valence-corrected chi connectivity index (χ2v) is 11.6. The molecule has 0 fully saturated rings. The molecule has 0 aliphatic rings. The summed E-state index contributed by atoms with van der Waals surface area (Å²) in [6, 6.07) is 6.80. The van der Waals surface area contributed by atoms with Gasteiger partial charge in [0.25, 0.3) is 5.91 Å². The number of carboxylic acid groups (broad SMARTS) is 1. The van der Waals surface area contributed by atoms with Crippen LogP contribution >= 0.6 is 0 Å². The Morgan fingerprint density at radius 2 is 1.89 bits per heavy atom. The van der Waals surface area contributed by atoms with Crippen LogP contribution in [-0.2, 0) is 9.84 Å². The van der Waals surface area contributed by atoms with Crippen LogP contribution in [0.3, 0.4) is 0 Å². The van der Waals surface area contributed by atoms with Gasteiger partial charge in [-0.1, -0.05) is 0 Å². The second kappa shape index (κ2) is 10.2. The molecule has 4 N–H and O–H groups in total. The lowest BCUT2D eigenvalue weighted by atomic mass is 10.1. The van der Waals surface area contributed by atoms with Crippen LogP contribution in [0.1, 0.15) is 36.7 Å². The second-order valence-electron chi connectivity index (χ2n) is 9.45. The van der Waals surface area contributed by atoms with Crippen LogP contribution in [0.15, 0.2) is 41.4 Å². The van der Waals surface area contributed by atoms with Crippen molar-refractivity contribution >= 4 is 44.1 Å². The topological polar surface area (TPSA) is 152 Å². The Morgan fingerprint density at radius 3 is 2.46 bits per heavy atom. The van der Waals surface area contributed by atoms with Crippen molar-refractivity contribution < 1.29 is 32.2 Å². The lowest BCUT2D eigenvalue weighted by Crippen LogP contribution is -2.47. The van der Waals surface area contributed by atoms with E-state index >= 15 is 0 Å². The summed E-state index contributed by atoms with van der Waals surface area (Å²) in [6.45, 7) is 6.45. The van der Waals surface area contributed by atoms with Crippen molar-refractivity contribution in [3.8, 4) is 5.75 Å². The molecule has 0 saturated heterocycles. The van der Waals surface area contributed by atoms with Gasteiger partial charge in [0.1, 0.15) is 0 Å². The number of hydrogen-bond donors (Lipinski definition) is 3. The number of hydrogen-bond acceptors (Lipinski definition) is 7. The van der Waals surface area contributed by atoms with Crippen LogP contribution in [-0.4, -0.2) is 60.4 Å². The largest absolute Gasteiger partial charge is 0.494 e. The smallest absolute Gasteiger partial charge is 0.407 e. The normalized spacial score (nSPS) is 11.8. The predicted molar refractivity (Wildman–Crippen MR) is 138 cm³/mol. The summed E-state index contributed by atoms with van der Waals surface area (Å²) in [5.74, 6) is -1.88. The van der Waals surface area contributed by atoms with Crippen molar-refractivity contribution in [3.63, 3.8) is 0 Å². The van der Waals surface area contributed by atoms with E-state index in [1.54, 1.807) is 27.7 Å². The van der Waals surface area contributed by atoms with E-state index in [0.29, 0.717) is 22.2 Å². The van der Waals surface area contributed by atoms with Crippen molar-refractivity contribution in [1.29, 1.82) is 0 Å². The van der Waals surface area contributed by atoms with Crippen LogP contribution in [0.5, 0.6) is 5.75 Å². The third-order valence-corrected chi connectivity index (χ3v) is 7.48. The maximum Gasteiger partial charge on any atom is 0.407 e. The highest BCUT2D eigenvalue weighted by molar-refractivity contribution is 7.91. The van der Waals surface area contributed by atoms with Gasteiger partial charge in [-0.25, -0.2) is 17.6 Å². The molecule has 37 heavy (non-hydrogen) atoms. The van der Waals surface area contributed by atoms with E-state index in [1.165, 1.54) is 43.6 Å². The molecule has 0 aliphatic carbocycles. The molecular weight excluding hydrogens is 503 g/mol. The van der Waals surface area contributed by atoms with E-state index in [-0.39, 0.29) is 28.4 Å². The van der Waals surface area contributed by atoms with Crippen LogP contribution in [0.2, 0.25) is 0 Å². The molecule has 1 aromatic heterocycles. The highest BCUT2D eigenvalue weighted by atomic mass is 32.2. The Balaban J connectivity index is 2.14. The number of nitrogens with one attached hydrogen (secondary N) is 1. The summed E-state index contributed by atoms with van der Waals surface area (Å²) in [6.07, 6.45) is 0.0529. The number of aryl methyl sites for hydroxylation is 1. The number of benzene rings is 2. The Bertz CT molecular complexity index is 1480. The van der Waals surface area contributed by atoms with Crippen LogP contribution < -0.4 is 15.8 Å². The van der Waals surface area contributed by atoms with Gasteiger partial charge in [-0.2, -0.15) is 0 Å². The van der Waals surface area contributed by atoms with Gasteiger partial charge in [0.05, 0.1) is 34.5 Å². The first-order valence-electron chi connectivity index (χ1n) is 11.2. The lowest BCUT2D eigenvalue weighted by molar-refractivity contribution is 0.0998. The molecule has 0 radical (unpaired) electrons. The fraction of sp³-hybridized carbons (Fsp3) is 0.320. The number of nitrogens with zero attached hydrogens (tertiary/aromatic N) is 2. The summed E-state index contributed by atoms with van der Waals surface area (Å²) in [4.78, 5) is 29.2. The van der Waals surface area contributed by atoms with Crippen molar-refractivity contribution in [2.24, 2.45) is 5.73 Å². The molecule has 10 nitrogen and oxygen atoms in total. The summed E-state index contributed by atoms with van der Waals surface area (Å²) < 4.78 is 45.5. The monoisotopic (exact) mass is 532 g/mol. The molecule has 0 unspecified atom stereocenters. The van der Waals surface area contributed by atoms with Gasteiger partial charge in [-0.15, -0.1) is 0 Å². The minimum absolute atomic E-state index is 0.00507. The first-order chi connectivity index (χ1) is 17.2. The molecule has 2 aromatic carbocycles. The fourth-order valence-corrected chi connectivity index (χ4v) is 5.19. The highest BCUT2D eigenvalue weighted by Gasteiger charge is 2.29. The Morgan fingerprint density at radius 1 is 1.22 bits per heavy atom. The van der Waals surface area contributed by atoms with Crippen molar-refractivity contribution in [2.75, 3.05) is 24.7 Å². The first kappa shape index (κ1) is 27.7. The van der Waals surface area contributed by atoms with Crippen LogP contribution in [0.25, 0.3) is 10.9 Å². The molecule has 3 rings (SSSR count). The number of sulfone groups is 1. The van der Waals surface area contributed by atoms with Crippen LogP contribution in [0, 0.1) is 12.7 Å². The predicted octanol–water partition coefficient (Wildman–Crippen LogP) is 4.09. The number of rotatable bonds is 8. The van der Waals surface area contributed by atoms with Crippen molar-refractivity contribution in [1.82, 2.24) is 9.88 Å². The van der Waals surface area contributed by atoms with Crippen molar-refractivity contribution in [3.05, 3.63) is 53.5 Å². The van der Waals surface area contributed by atoms with E-state index in [2.05, 4.69) is 10.3 Å². The summed E-state index contributed by atoms with van der Waals surface area (Å²) in [5.41, 5.74) is 6.25. The van der Waals surface area contributed by atoms with E-state index < -0.39 is 38.9 Å². The van der Waals surface area contributed by atoms with E-state index in [1.807, 2.05) is 0 Å². The maximum atomic E-state index is 13.9. The molecule has 0 bridgehead atoms. The minimum atomic E-state index is -3.95. The lowest BCUT2D eigenvalue weighted by Gasteiger charge is -2.33. The highest BCUT2D eigenvalue weighted by Crippen LogP contribution is 2.34. The van der Waals surface area contributed by atoms with Gasteiger partial charge in [0.15, 0.2) is 21.4 Å². The summed E-state index contributed by atoms with van der Waals surface area (Å²) in [5, 5.41) is 12.8. The number of nitrogens with two attached hydrogens (primary N) is 1. The summed E-state index contributed by atoms with van der Waals surface area (Å²) in [7, 11) is -2.64. The molecule has 198 valence electrons. The number of carbonyl (C=O) groups is 2. The van der Waals surface area contributed by atoms with Gasteiger partial charge in [-0.3, -0.25) is 9.78 Å². The Hall–Kier alpha value is -3.93. The quantitative estimate of drug-likeness (QED) is 0.392. The van der Waals surface area contributed by atoms with Gasteiger partial charge in [-0.05, 0) is 57.5 Å². The summed E-state index contributed by atoms with van der Waals surface area (Å²) >= 11 is 0. The van der Waals surface area contributed by atoms with E-state index in [9.17, 15) is 27.5 Å². The molecular formula is C25H29FN4O6S.